The minimum absolute atomic E-state index is 0.104. The van der Waals surface area contributed by atoms with Gasteiger partial charge < -0.3 is 20.6 Å². The molecule has 2 aliphatic carbocycles. The van der Waals surface area contributed by atoms with Gasteiger partial charge in [0.25, 0.3) is 0 Å². The molecule has 2 aromatic heterocycles. The van der Waals surface area contributed by atoms with Gasteiger partial charge in [0.2, 0.25) is 11.8 Å². The number of nitrogens with one attached hydrogen (secondary N) is 4. The Labute approximate surface area is 300 Å². The molecule has 2 unspecified atom stereocenters. The topological polar surface area (TPSA) is 116 Å². The van der Waals surface area contributed by atoms with Gasteiger partial charge in [-0.3, -0.25) is 9.59 Å². The zero-order valence-electron chi connectivity index (χ0n) is 31.8. The van der Waals surface area contributed by atoms with E-state index in [1.807, 2.05) is 12.4 Å². The number of terminal acetylenes is 1. The minimum atomic E-state index is 0.104. The van der Waals surface area contributed by atoms with Crippen molar-refractivity contribution in [1.82, 2.24) is 30.6 Å². The SMILES string of the molecule is C#C.CC(C)C.CC(C)C.CC1(C)CC1C(=O)NCc1ncc(-c2ccc(-c3ccc(-c4cnc(CNC(=O)C5CC5(C)C)[nH]4)cc3)cc2)[nH]1. The van der Waals surface area contributed by atoms with E-state index in [0.29, 0.717) is 13.1 Å². The van der Waals surface area contributed by atoms with Crippen molar-refractivity contribution in [3.63, 3.8) is 0 Å². The molecule has 2 atom stereocenters. The summed E-state index contributed by atoms with van der Waals surface area (Å²) in [5, 5.41) is 5.99. The number of rotatable bonds is 9. The standard InChI is InChI=1S/C32H36N6O2.2C4H10.C2H2/c1-31(2)13-23(31)29(39)35-17-27-33-15-25(37-27)21-9-5-19(6-10-21)20-7-11-22(12-8-20)26-16-34-28(38-26)18-36-30(40)24-14-32(24,3)4;2*1-4(2)3;1-2/h5-12,15-16,23-24H,13-14,17-18H2,1-4H3,(H,33,37)(H,34,38)(H,35,39)(H,36,40);2*4H,1-3H3;1-2H. The summed E-state index contributed by atoms with van der Waals surface area (Å²) in [6, 6.07) is 16.7. The van der Waals surface area contributed by atoms with Crippen LogP contribution in [0.5, 0.6) is 0 Å². The third kappa shape index (κ3) is 11.8. The van der Waals surface area contributed by atoms with Gasteiger partial charge in [-0.25, -0.2) is 9.97 Å². The Balaban J connectivity index is 0.000000605. The van der Waals surface area contributed by atoms with Crippen LogP contribution in [0.15, 0.2) is 60.9 Å². The first-order valence-corrected chi connectivity index (χ1v) is 17.7. The molecule has 0 bridgehead atoms. The molecule has 50 heavy (non-hydrogen) atoms. The molecule has 6 rings (SSSR count). The van der Waals surface area contributed by atoms with E-state index in [-0.39, 0.29) is 34.5 Å². The number of carbonyl (C=O) groups excluding carboxylic acids is 2. The van der Waals surface area contributed by atoms with Crippen LogP contribution in [0.4, 0.5) is 0 Å². The summed E-state index contributed by atoms with van der Waals surface area (Å²) in [6.45, 7) is 22.3. The van der Waals surface area contributed by atoms with Crippen molar-refractivity contribution in [3.8, 4) is 46.5 Å². The smallest absolute Gasteiger partial charge is 0.224 e. The molecule has 268 valence electrons. The van der Waals surface area contributed by atoms with Crippen LogP contribution < -0.4 is 10.6 Å². The van der Waals surface area contributed by atoms with Gasteiger partial charge >= 0.3 is 0 Å². The van der Waals surface area contributed by atoms with Crippen molar-refractivity contribution in [2.24, 2.45) is 34.5 Å². The second kappa shape index (κ2) is 17.3. The van der Waals surface area contributed by atoms with Crippen LogP contribution in [0.25, 0.3) is 33.6 Å². The van der Waals surface area contributed by atoms with Gasteiger partial charge in [-0.15, -0.1) is 12.8 Å². The normalized spacial score (nSPS) is 17.6. The molecule has 0 radical (unpaired) electrons. The first-order valence-electron chi connectivity index (χ1n) is 17.7. The fourth-order valence-electron chi connectivity index (χ4n) is 5.30. The van der Waals surface area contributed by atoms with Crippen LogP contribution in [0.1, 0.15) is 93.7 Å². The van der Waals surface area contributed by atoms with E-state index >= 15 is 0 Å². The van der Waals surface area contributed by atoms with E-state index in [9.17, 15) is 9.59 Å². The van der Waals surface area contributed by atoms with Crippen molar-refractivity contribution in [3.05, 3.63) is 72.6 Å². The molecule has 4 N–H and O–H groups in total. The maximum Gasteiger partial charge on any atom is 0.224 e. The van der Waals surface area contributed by atoms with Gasteiger partial charge in [0, 0.05) is 11.8 Å². The molecule has 2 fully saturated rings. The maximum atomic E-state index is 12.3. The highest BCUT2D eigenvalue weighted by Crippen LogP contribution is 2.52. The summed E-state index contributed by atoms with van der Waals surface area (Å²) in [4.78, 5) is 40.0. The fourth-order valence-corrected chi connectivity index (χ4v) is 5.30. The molecule has 2 amide bonds. The lowest BCUT2D eigenvalue weighted by Gasteiger charge is -2.06. The van der Waals surface area contributed by atoms with Crippen molar-refractivity contribution < 1.29 is 9.59 Å². The Kier molecular flexibility index (Phi) is 13.8. The molecule has 0 spiro atoms. The summed E-state index contributed by atoms with van der Waals surface area (Å²) in [5.41, 5.74) is 6.39. The van der Waals surface area contributed by atoms with Gasteiger partial charge in [-0.1, -0.05) is 118 Å². The quantitative estimate of drug-likeness (QED) is 0.132. The maximum absolute atomic E-state index is 12.3. The lowest BCUT2D eigenvalue weighted by Crippen LogP contribution is -2.26. The van der Waals surface area contributed by atoms with Gasteiger partial charge in [0.05, 0.1) is 36.9 Å². The Hall–Kier alpha value is -4.64. The number of aromatic nitrogens is 4. The highest BCUT2D eigenvalue weighted by Gasteiger charge is 2.51. The van der Waals surface area contributed by atoms with Crippen LogP contribution in [0.2, 0.25) is 0 Å². The van der Waals surface area contributed by atoms with Crippen molar-refractivity contribution >= 4 is 11.8 Å². The average molecular weight is 679 g/mol. The summed E-state index contributed by atoms with van der Waals surface area (Å²) in [6.07, 6.45) is 13.5. The highest BCUT2D eigenvalue weighted by molar-refractivity contribution is 5.82. The average Bonchev–Trinajstić information content (AvgIpc) is 3.65. The lowest BCUT2D eigenvalue weighted by molar-refractivity contribution is -0.124. The number of aromatic amines is 2. The van der Waals surface area contributed by atoms with Crippen molar-refractivity contribution in [2.75, 3.05) is 0 Å². The monoisotopic (exact) mass is 678 g/mol. The van der Waals surface area contributed by atoms with Gasteiger partial charge in [0.15, 0.2) is 0 Å². The summed E-state index contributed by atoms with van der Waals surface area (Å²) in [7, 11) is 0. The van der Waals surface area contributed by atoms with Gasteiger partial charge in [-0.2, -0.15) is 0 Å². The number of imidazole rings is 2. The number of nitrogens with zero attached hydrogens (tertiary/aromatic N) is 2. The highest BCUT2D eigenvalue weighted by atomic mass is 16.2. The molecule has 8 nitrogen and oxygen atoms in total. The van der Waals surface area contributed by atoms with E-state index in [4.69, 9.17) is 0 Å². The third-order valence-electron chi connectivity index (χ3n) is 8.50. The van der Waals surface area contributed by atoms with Crippen LogP contribution in [-0.2, 0) is 22.7 Å². The third-order valence-corrected chi connectivity index (χ3v) is 8.50. The molecule has 2 saturated carbocycles. The van der Waals surface area contributed by atoms with E-state index in [1.165, 1.54) is 0 Å². The second-order valence-electron chi connectivity index (χ2n) is 16.0. The fraction of sp³-hybridized carbons (Fsp3) is 0.476. The van der Waals surface area contributed by atoms with Crippen molar-refractivity contribution in [2.45, 2.75) is 95.2 Å². The zero-order valence-corrected chi connectivity index (χ0v) is 31.8. The Morgan fingerprint density at radius 1 is 0.640 bits per heavy atom. The number of benzene rings is 2. The molecular formula is C42H58N6O2. The van der Waals surface area contributed by atoms with Crippen LogP contribution in [0.3, 0.4) is 0 Å². The Morgan fingerprint density at radius 3 is 1.16 bits per heavy atom. The Morgan fingerprint density at radius 2 is 0.900 bits per heavy atom. The summed E-state index contributed by atoms with van der Waals surface area (Å²) >= 11 is 0. The Bertz CT molecular complexity index is 1560. The molecule has 8 heteroatoms. The largest absolute Gasteiger partial charge is 0.349 e. The van der Waals surface area contributed by atoms with E-state index in [1.54, 1.807) is 0 Å². The van der Waals surface area contributed by atoms with Crippen molar-refractivity contribution in [1.29, 1.82) is 0 Å². The van der Waals surface area contributed by atoms with Gasteiger partial charge in [0.1, 0.15) is 11.6 Å². The predicted molar refractivity (Wildman–Crippen MR) is 205 cm³/mol. The van der Waals surface area contributed by atoms with E-state index in [0.717, 1.165) is 70.0 Å². The second-order valence-corrected chi connectivity index (χ2v) is 16.0. The van der Waals surface area contributed by atoms with E-state index in [2.05, 4.69) is 161 Å². The molecule has 2 heterocycles. The van der Waals surface area contributed by atoms with E-state index < -0.39 is 0 Å². The summed E-state index contributed by atoms with van der Waals surface area (Å²) in [5.74, 6) is 3.59. The first-order chi connectivity index (χ1) is 23.6. The number of amides is 2. The molecule has 0 aliphatic heterocycles. The molecule has 2 aromatic carbocycles. The molecule has 4 aromatic rings. The number of carbonyl (C=O) groups is 2. The zero-order chi connectivity index (χ0) is 37.2. The number of hydrogen-bond acceptors (Lipinski definition) is 4. The predicted octanol–water partition coefficient (Wildman–Crippen LogP) is 9.03. The molecular weight excluding hydrogens is 621 g/mol. The number of H-pyrrole nitrogens is 2. The molecule has 0 saturated heterocycles. The minimum Gasteiger partial charge on any atom is -0.349 e. The van der Waals surface area contributed by atoms with Crippen LogP contribution in [0, 0.1) is 47.3 Å². The number of hydrogen-bond donors (Lipinski definition) is 4. The van der Waals surface area contributed by atoms with Crippen LogP contribution >= 0.6 is 0 Å². The van der Waals surface area contributed by atoms with Crippen LogP contribution in [-0.4, -0.2) is 31.8 Å². The first kappa shape index (κ1) is 39.8. The molecule has 2 aliphatic rings. The lowest BCUT2D eigenvalue weighted by atomic mass is 10.0. The summed E-state index contributed by atoms with van der Waals surface area (Å²) < 4.78 is 0. The van der Waals surface area contributed by atoms with Gasteiger partial charge in [-0.05, 0) is 57.8 Å².